The zero-order valence-electron chi connectivity index (χ0n) is 15.2. The maximum atomic E-state index is 12.7. The second kappa shape index (κ2) is 7.96. The molecule has 140 valence electrons. The van der Waals surface area contributed by atoms with Crippen molar-refractivity contribution in [2.24, 2.45) is 5.92 Å². The number of aryl methyl sites for hydroxylation is 2. The SMILES string of the molecule is Cc1cc(Cl)cc(C)c1OCC(=O)N(CC(C)C)[C@@H]1CCS(=O)(=O)C1. The van der Waals surface area contributed by atoms with Gasteiger partial charge in [0.2, 0.25) is 0 Å². The summed E-state index contributed by atoms with van der Waals surface area (Å²) in [6, 6.07) is 3.34. The first-order chi connectivity index (χ1) is 11.6. The van der Waals surface area contributed by atoms with Crippen molar-refractivity contribution in [3.05, 3.63) is 28.3 Å². The quantitative estimate of drug-likeness (QED) is 0.752. The second-order valence-corrected chi connectivity index (χ2v) is 9.82. The molecule has 0 aromatic heterocycles. The number of ether oxygens (including phenoxy) is 1. The van der Waals surface area contributed by atoms with Crippen LogP contribution >= 0.6 is 11.6 Å². The number of carbonyl (C=O) groups is 1. The van der Waals surface area contributed by atoms with E-state index in [0.717, 1.165) is 11.1 Å². The maximum absolute atomic E-state index is 12.7. The lowest BCUT2D eigenvalue weighted by atomic mass is 10.1. The van der Waals surface area contributed by atoms with Crippen LogP contribution in [0.5, 0.6) is 5.75 Å². The molecule has 1 aliphatic heterocycles. The predicted octanol–water partition coefficient (Wildman–Crippen LogP) is 3.01. The van der Waals surface area contributed by atoms with Crippen LogP contribution < -0.4 is 4.74 Å². The molecular formula is C18H26ClNO4S. The Morgan fingerprint density at radius 2 is 1.92 bits per heavy atom. The molecule has 1 atom stereocenters. The van der Waals surface area contributed by atoms with Crippen LogP contribution in [-0.2, 0) is 14.6 Å². The van der Waals surface area contributed by atoms with Gasteiger partial charge in [0.15, 0.2) is 16.4 Å². The Morgan fingerprint density at radius 3 is 2.40 bits per heavy atom. The van der Waals surface area contributed by atoms with Crippen LogP contribution in [0.15, 0.2) is 12.1 Å². The average Bonchev–Trinajstić information content (AvgIpc) is 2.83. The lowest BCUT2D eigenvalue weighted by Gasteiger charge is -2.30. The third-order valence-electron chi connectivity index (χ3n) is 4.30. The van der Waals surface area contributed by atoms with Gasteiger partial charge in [-0.25, -0.2) is 8.42 Å². The highest BCUT2D eigenvalue weighted by Crippen LogP contribution is 2.27. The molecular weight excluding hydrogens is 362 g/mol. The minimum absolute atomic E-state index is 0.0461. The average molecular weight is 388 g/mol. The molecule has 1 heterocycles. The standard InChI is InChI=1S/C18H26ClNO4S/c1-12(2)9-20(16-5-6-25(22,23)11-16)17(21)10-24-18-13(3)7-15(19)8-14(18)4/h7-8,12,16H,5-6,9-11H2,1-4H3/t16-/m1/s1. The van der Waals surface area contributed by atoms with E-state index < -0.39 is 9.84 Å². The molecule has 2 rings (SSSR count). The molecule has 5 nitrogen and oxygen atoms in total. The van der Waals surface area contributed by atoms with Crippen LogP contribution in [0.1, 0.15) is 31.4 Å². The number of rotatable bonds is 6. The number of hydrogen-bond acceptors (Lipinski definition) is 4. The lowest BCUT2D eigenvalue weighted by molar-refractivity contribution is -0.135. The largest absolute Gasteiger partial charge is 0.483 e. The van der Waals surface area contributed by atoms with Crippen molar-refractivity contribution >= 4 is 27.3 Å². The van der Waals surface area contributed by atoms with Crippen LogP contribution in [0, 0.1) is 19.8 Å². The smallest absolute Gasteiger partial charge is 0.260 e. The van der Waals surface area contributed by atoms with E-state index in [2.05, 4.69) is 0 Å². The van der Waals surface area contributed by atoms with Crippen LogP contribution in [-0.4, -0.2) is 49.9 Å². The van der Waals surface area contributed by atoms with Gasteiger partial charge in [0, 0.05) is 17.6 Å². The maximum Gasteiger partial charge on any atom is 0.260 e. The summed E-state index contributed by atoms with van der Waals surface area (Å²) in [6.07, 6.45) is 0.500. The van der Waals surface area contributed by atoms with Crippen LogP contribution in [0.4, 0.5) is 0 Å². The predicted molar refractivity (Wildman–Crippen MR) is 100 cm³/mol. The number of sulfone groups is 1. The third-order valence-corrected chi connectivity index (χ3v) is 6.27. The summed E-state index contributed by atoms with van der Waals surface area (Å²) in [5.41, 5.74) is 1.74. The van der Waals surface area contributed by atoms with E-state index in [1.807, 2.05) is 27.7 Å². The zero-order chi connectivity index (χ0) is 18.8. The molecule has 0 aliphatic carbocycles. The molecule has 1 saturated heterocycles. The summed E-state index contributed by atoms with van der Waals surface area (Å²) in [7, 11) is -3.04. The number of benzene rings is 1. The van der Waals surface area contributed by atoms with E-state index in [1.165, 1.54) is 0 Å². The molecule has 0 saturated carbocycles. The highest BCUT2D eigenvalue weighted by Gasteiger charge is 2.35. The van der Waals surface area contributed by atoms with E-state index in [9.17, 15) is 13.2 Å². The van der Waals surface area contributed by atoms with Crippen molar-refractivity contribution in [2.45, 2.75) is 40.2 Å². The lowest BCUT2D eigenvalue weighted by Crippen LogP contribution is -2.45. The highest BCUT2D eigenvalue weighted by atomic mass is 35.5. The first-order valence-electron chi connectivity index (χ1n) is 8.48. The van der Waals surface area contributed by atoms with Gasteiger partial charge in [0.25, 0.3) is 5.91 Å². The molecule has 1 fully saturated rings. The van der Waals surface area contributed by atoms with Gasteiger partial charge < -0.3 is 9.64 Å². The molecule has 0 N–H and O–H groups in total. The minimum Gasteiger partial charge on any atom is -0.483 e. The molecule has 0 spiro atoms. The Hall–Kier alpha value is -1.27. The highest BCUT2D eigenvalue weighted by molar-refractivity contribution is 7.91. The van der Waals surface area contributed by atoms with Gasteiger partial charge in [-0.15, -0.1) is 0 Å². The molecule has 1 aromatic rings. The molecule has 1 amide bonds. The van der Waals surface area contributed by atoms with Crippen molar-refractivity contribution in [3.8, 4) is 5.75 Å². The second-order valence-electron chi connectivity index (χ2n) is 7.15. The van der Waals surface area contributed by atoms with Crippen molar-refractivity contribution in [3.63, 3.8) is 0 Å². The Bertz CT molecular complexity index is 722. The molecule has 1 aromatic carbocycles. The van der Waals surface area contributed by atoms with Gasteiger partial charge in [-0.1, -0.05) is 25.4 Å². The fraction of sp³-hybridized carbons (Fsp3) is 0.611. The number of hydrogen-bond donors (Lipinski definition) is 0. The number of amides is 1. The molecule has 0 bridgehead atoms. The number of carbonyl (C=O) groups excluding carboxylic acids is 1. The normalized spacial score (nSPS) is 19.2. The van der Waals surface area contributed by atoms with E-state index >= 15 is 0 Å². The monoisotopic (exact) mass is 387 g/mol. The van der Waals surface area contributed by atoms with Gasteiger partial charge >= 0.3 is 0 Å². The Kier molecular flexibility index (Phi) is 6.38. The minimum atomic E-state index is -3.04. The van der Waals surface area contributed by atoms with Gasteiger partial charge in [0.1, 0.15) is 5.75 Å². The topological polar surface area (TPSA) is 63.7 Å². The summed E-state index contributed by atoms with van der Waals surface area (Å²) in [5.74, 6) is 0.928. The Morgan fingerprint density at radius 1 is 1.32 bits per heavy atom. The molecule has 0 radical (unpaired) electrons. The van der Waals surface area contributed by atoms with E-state index in [4.69, 9.17) is 16.3 Å². The van der Waals surface area contributed by atoms with Crippen molar-refractivity contribution in [1.82, 2.24) is 4.90 Å². The summed E-state index contributed by atoms with van der Waals surface area (Å²) >= 11 is 6.02. The van der Waals surface area contributed by atoms with Crippen molar-refractivity contribution < 1.29 is 17.9 Å². The summed E-state index contributed by atoms with van der Waals surface area (Å²) in [5, 5.41) is 0.631. The fourth-order valence-corrected chi connectivity index (χ4v) is 5.27. The van der Waals surface area contributed by atoms with Gasteiger partial charge in [0.05, 0.1) is 11.5 Å². The fourth-order valence-electron chi connectivity index (χ4n) is 3.21. The summed E-state index contributed by atoms with van der Waals surface area (Å²) < 4.78 is 29.3. The Balaban J connectivity index is 2.10. The van der Waals surface area contributed by atoms with E-state index in [1.54, 1.807) is 17.0 Å². The molecule has 0 unspecified atom stereocenters. The summed E-state index contributed by atoms with van der Waals surface area (Å²) in [6.45, 7) is 8.21. The Labute approximate surface area is 155 Å². The van der Waals surface area contributed by atoms with E-state index in [0.29, 0.717) is 23.7 Å². The van der Waals surface area contributed by atoms with Gasteiger partial charge in [-0.05, 0) is 49.4 Å². The van der Waals surface area contributed by atoms with Crippen LogP contribution in [0.25, 0.3) is 0 Å². The zero-order valence-corrected chi connectivity index (χ0v) is 16.8. The first-order valence-corrected chi connectivity index (χ1v) is 10.7. The summed E-state index contributed by atoms with van der Waals surface area (Å²) in [4.78, 5) is 14.4. The van der Waals surface area contributed by atoms with E-state index in [-0.39, 0.29) is 36.0 Å². The molecule has 1 aliphatic rings. The number of halogens is 1. The van der Waals surface area contributed by atoms with Crippen molar-refractivity contribution in [1.29, 1.82) is 0 Å². The molecule has 7 heteroatoms. The third kappa shape index (κ3) is 5.35. The first kappa shape index (κ1) is 20.0. The van der Waals surface area contributed by atoms with Crippen molar-refractivity contribution in [2.75, 3.05) is 24.7 Å². The van der Waals surface area contributed by atoms with Crippen LogP contribution in [0.3, 0.4) is 0 Å². The molecule has 25 heavy (non-hydrogen) atoms. The number of nitrogens with zero attached hydrogens (tertiary/aromatic N) is 1. The van der Waals surface area contributed by atoms with Gasteiger partial charge in [-0.2, -0.15) is 0 Å². The van der Waals surface area contributed by atoms with Crippen LogP contribution in [0.2, 0.25) is 5.02 Å². The van der Waals surface area contributed by atoms with Gasteiger partial charge in [-0.3, -0.25) is 4.79 Å².